The summed E-state index contributed by atoms with van der Waals surface area (Å²) in [5.74, 6) is -0.718. The van der Waals surface area contributed by atoms with E-state index < -0.39 is 11.4 Å². The van der Waals surface area contributed by atoms with Gasteiger partial charge in [0.05, 0.1) is 11.8 Å². The normalized spacial score (nSPS) is 17.0. The number of hydrogen-bond donors (Lipinski definition) is 1. The Balaban J connectivity index is 1.70. The molecule has 1 aliphatic rings. The van der Waals surface area contributed by atoms with Crippen molar-refractivity contribution in [2.75, 3.05) is 13.1 Å². The molecule has 0 atom stereocenters. The smallest absolute Gasteiger partial charge is 0.314 e. The number of likely N-dealkylation sites (tertiary alicyclic amines) is 1. The summed E-state index contributed by atoms with van der Waals surface area (Å²) in [5, 5.41) is 13.7. The molecule has 1 amide bonds. The third kappa shape index (κ3) is 3.15. The van der Waals surface area contributed by atoms with Crippen LogP contribution in [-0.4, -0.2) is 35.0 Å². The molecule has 1 fully saturated rings. The minimum atomic E-state index is -0.875. The topological polar surface area (TPSA) is 57.6 Å². The van der Waals surface area contributed by atoms with Gasteiger partial charge in [-0.2, -0.15) is 11.3 Å². The second-order valence-corrected chi connectivity index (χ2v) is 6.72. The van der Waals surface area contributed by atoms with Gasteiger partial charge in [-0.15, -0.1) is 0 Å². The summed E-state index contributed by atoms with van der Waals surface area (Å²) in [5.41, 5.74) is 0.982. The Kier molecular flexibility index (Phi) is 4.48. The second-order valence-electron chi connectivity index (χ2n) is 5.94. The third-order valence-corrected chi connectivity index (χ3v) is 5.37. The minimum absolute atomic E-state index is 0.0791. The van der Waals surface area contributed by atoms with Crippen LogP contribution in [-0.2, 0) is 21.4 Å². The highest BCUT2D eigenvalue weighted by molar-refractivity contribution is 7.08. The van der Waals surface area contributed by atoms with Gasteiger partial charge in [0.25, 0.3) is 0 Å². The zero-order valence-corrected chi connectivity index (χ0v) is 13.6. The number of benzene rings is 1. The highest BCUT2D eigenvalue weighted by Gasteiger charge is 2.43. The van der Waals surface area contributed by atoms with Gasteiger partial charge in [0.15, 0.2) is 0 Å². The van der Waals surface area contributed by atoms with Crippen LogP contribution in [0.3, 0.4) is 0 Å². The molecule has 0 unspecified atom stereocenters. The lowest BCUT2D eigenvalue weighted by Crippen LogP contribution is -2.49. The summed E-state index contributed by atoms with van der Waals surface area (Å²) in [6.45, 7) is 0.980. The summed E-state index contributed by atoms with van der Waals surface area (Å²) < 4.78 is 0. The van der Waals surface area contributed by atoms with Gasteiger partial charge in [-0.25, -0.2) is 0 Å². The third-order valence-electron chi connectivity index (χ3n) is 4.64. The number of thiophene rings is 1. The highest BCUT2D eigenvalue weighted by atomic mass is 32.1. The quantitative estimate of drug-likeness (QED) is 0.938. The zero-order valence-electron chi connectivity index (χ0n) is 12.8. The van der Waals surface area contributed by atoms with Crippen molar-refractivity contribution in [1.82, 2.24) is 4.90 Å². The maximum absolute atomic E-state index is 12.4. The molecule has 0 saturated carbocycles. The van der Waals surface area contributed by atoms with E-state index in [1.54, 1.807) is 16.2 Å². The van der Waals surface area contributed by atoms with Gasteiger partial charge in [-0.1, -0.05) is 30.3 Å². The molecule has 2 aromatic rings. The first kappa shape index (κ1) is 15.7. The maximum Gasteiger partial charge on any atom is 0.314 e. The Labute approximate surface area is 139 Å². The molecule has 1 saturated heterocycles. The van der Waals surface area contributed by atoms with Crippen LogP contribution in [0.15, 0.2) is 47.2 Å². The SMILES string of the molecule is O=C(Cc1ccsc1)N1CCC(C(=O)O)(c2ccccc2)CC1. The average Bonchev–Trinajstić information content (AvgIpc) is 3.08. The average molecular weight is 329 g/mol. The number of nitrogens with zero attached hydrogens (tertiary/aromatic N) is 1. The van der Waals surface area contributed by atoms with Crippen molar-refractivity contribution >= 4 is 23.2 Å². The van der Waals surface area contributed by atoms with Crippen LogP contribution in [0.4, 0.5) is 0 Å². The number of aliphatic carboxylic acids is 1. The van der Waals surface area contributed by atoms with E-state index in [1.165, 1.54) is 0 Å². The van der Waals surface area contributed by atoms with Gasteiger partial charge in [-0.3, -0.25) is 9.59 Å². The maximum atomic E-state index is 12.4. The molecule has 0 aliphatic carbocycles. The monoisotopic (exact) mass is 329 g/mol. The van der Waals surface area contributed by atoms with E-state index in [4.69, 9.17) is 0 Å². The second kappa shape index (κ2) is 6.54. The van der Waals surface area contributed by atoms with E-state index in [0.717, 1.165) is 11.1 Å². The number of carbonyl (C=O) groups is 2. The molecule has 0 radical (unpaired) electrons. The van der Waals surface area contributed by atoms with E-state index in [2.05, 4.69) is 0 Å². The Hall–Kier alpha value is -2.14. The fourth-order valence-electron chi connectivity index (χ4n) is 3.20. The number of hydrogen-bond acceptors (Lipinski definition) is 3. The van der Waals surface area contributed by atoms with E-state index in [9.17, 15) is 14.7 Å². The molecule has 1 aromatic carbocycles. The molecule has 0 spiro atoms. The number of carboxylic acid groups (broad SMARTS) is 1. The fraction of sp³-hybridized carbons (Fsp3) is 0.333. The van der Waals surface area contributed by atoms with Gasteiger partial charge in [0.2, 0.25) is 5.91 Å². The molecule has 1 aliphatic heterocycles. The van der Waals surface area contributed by atoms with Gasteiger partial charge in [0.1, 0.15) is 0 Å². The molecule has 5 heteroatoms. The molecular weight excluding hydrogens is 310 g/mol. The van der Waals surface area contributed by atoms with Crippen LogP contribution in [0.25, 0.3) is 0 Å². The molecular formula is C18H19NO3S. The molecule has 4 nitrogen and oxygen atoms in total. The first-order valence-corrected chi connectivity index (χ1v) is 8.64. The van der Waals surface area contributed by atoms with E-state index in [0.29, 0.717) is 32.4 Å². The van der Waals surface area contributed by atoms with Crippen molar-refractivity contribution in [3.8, 4) is 0 Å². The summed E-state index contributed by atoms with van der Waals surface area (Å²) in [6.07, 6.45) is 1.32. The molecule has 120 valence electrons. The van der Waals surface area contributed by atoms with Gasteiger partial charge >= 0.3 is 5.97 Å². The largest absolute Gasteiger partial charge is 0.481 e. The van der Waals surface area contributed by atoms with Crippen LogP contribution in [0.5, 0.6) is 0 Å². The molecule has 1 N–H and O–H groups in total. The number of carbonyl (C=O) groups excluding carboxylic acids is 1. The summed E-state index contributed by atoms with van der Waals surface area (Å²) >= 11 is 1.58. The Bertz CT molecular complexity index is 674. The predicted molar refractivity (Wildman–Crippen MR) is 89.6 cm³/mol. The summed E-state index contributed by atoms with van der Waals surface area (Å²) in [6, 6.07) is 11.3. The molecule has 23 heavy (non-hydrogen) atoms. The van der Waals surface area contributed by atoms with Crippen molar-refractivity contribution in [2.24, 2.45) is 0 Å². The number of carboxylic acids is 1. The van der Waals surface area contributed by atoms with Crippen LogP contribution in [0.1, 0.15) is 24.0 Å². The van der Waals surface area contributed by atoms with Crippen molar-refractivity contribution < 1.29 is 14.7 Å². The Morgan fingerprint density at radius 3 is 2.39 bits per heavy atom. The van der Waals surface area contributed by atoms with Crippen LogP contribution in [0.2, 0.25) is 0 Å². The lowest BCUT2D eigenvalue weighted by atomic mass is 9.73. The van der Waals surface area contributed by atoms with Crippen molar-refractivity contribution in [3.05, 3.63) is 58.3 Å². The number of rotatable bonds is 4. The Morgan fingerprint density at radius 1 is 1.13 bits per heavy atom. The zero-order chi connectivity index (χ0) is 16.3. The summed E-state index contributed by atoms with van der Waals surface area (Å²) in [4.78, 5) is 26.1. The van der Waals surface area contributed by atoms with Gasteiger partial charge in [-0.05, 0) is 40.8 Å². The number of amides is 1. The molecule has 3 rings (SSSR count). The van der Waals surface area contributed by atoms with Crippen LogP contribution >= 0.6 is 11.3 Å². The fourth-order valence-corrected chi connectivity index (χ4v) is 3.87. The lowest BCUT2D eigenvalue weighted by Gasteiger charge is -2.39. The highest BCUT2D eigenvalue weighted by Crippen LogP contribution is 2.36. The molecule has 2 heterocycles. The van der Waals surface area contributed by atoms with E-state index >= 15 is 0 Å². The first-order valence-electron chi connectivity index (χ1n) is 7.69. The Morgan fingerprint density at radius 2 is 1.83 bits per heavy atom. The van der Waals surface area contributed by atoms with Gasteiger partial charge < -0.3 is 10.0 Å². The van der Waals surface area contributed by atoms with Crippen molar-refractivity contribution in [1.29, 1.82) is 0 Å². The van der Waals surface area contributed by atoms with Crippen LogP contribution < -0.4 is 0 Å². The lowest BCUT2D eigenvalue weighted by molar-refractivity contribution is -0.148. The van der Waals surface area contributed by atoms with Gasteiger partial charge in [0, 0.05) is 13.1 Å². The molecule has 1 aromatic heterocycles. The first-order chi connectivity index (χ1) is 11.1. The van der Waals surface area contributed by atoms with Crippen LogP contribution in [0, 0.1) is 0 Å². The van der Waals surface area contributed by atoms with Crippen molar-refractivity contribution in [3.63, 3.8) is 0 Å². The molecule has 0 bridgehead atoms. The van der Waals surface area contributed by atoms with E-state index in [-0.39, 0.29) is 5.91 Å². The predicted octanol–water partition coefficient (Wildman–Crippen LogP) is 2.94. The minimum Gasteiger partial charge on any atom is -0.481 e. The van der Waals surface area contributed by atoms with Crippen molar-refractivity contribution in [2.45, 2.75) is 24.7 Å². The van der Waals surface area contributed by atoms with E-state index in [1.807, 2.05) is 47.2 Å². The standard InChI is InChI=1S/C18H19NO3S/c20-16(12-14-6-11-23-13-14)19-9-7-18(8-10-19,17(21)22)15-4-2-1-3-5-15/h1-6,11,13H,7-10,12H2,(H,21,22). The summed E-state index contributed by atoms with van der Waals surface area (Å²) in [7, 11) is 0. The number of piperidine rings is 1.